The highest BCUT2D eigenvalue weighted by atomic mass is 16.7. The second-order valence-electron chi connectivity index (χ2n) is 19.7. The molecule has 18 atom stereocenters. The number of ether oxygens (including phenoxy) is 4. The molecule has 9 N–H and O–H groups in total. The van der Waals surface area contributed by atoms with Gasteiger partial charge >= 0.3 is 5.97 Å². The average Bonchev–Trinajstić information content (AvgIpc) is 4.05. The molecule has 0 aromatic carbocycles. The minimum atomic E-state index is -1.83. The Morgan fingerprint density at radius 1 is 0.708 bits per heavy atom. The van der Waals surface area contributed by atoms with Gasteiger partial charge in [0.1, 0.15) is 18.5 Å². The van der Waals surface area contributed by atoms with Crippen molar-refractivity contribution in [3.05, 3.63) is 72.9 Å². The number of carbonyl (C=O) groups excluding carboxylic acids is 2. The van der Waals surface area contributed by atoms with E-state index < -0.39 is 90.4 Å². The summed E-state index contributed by atoms with van der Waals surface area (Å²) in [6.45, 7) is 12.2. The van der Waals surface area contributed by atoms with Gasteiger partial charge in [-0.2, -0.15) is 0 Å². The van der Waals surface area contributed by atoms with E-state index in [1.165, 1.54) is 0 Å². The van der Waals surface area contributed by atoms with Gasteiger partial charge in [0.2, 0.25) is 0 Å². The van der Waals surface area contributed by atoms with Gasteiger partial charge in [-0.3, -0.25) is 4.79 Å². The molecule has 2 bridgehead atoms. The Kier molecular flexibility index (Phi) is 21.9. The number of allylic oxidation sites excluding steroid dienone is 11. The van der Waals surface area contributed by atoms with Crippen LogP contribution in [-0.2, 0) is 28.5 Å². The molecule has 4 rings (SSSR count). The number of nitrogens with two attached hydrogens (primary N) is 1. The first-order valence-corrected chi connectivity index (χ1v) is 24.0. The molecular formula is C51H81NO13. The van der Waals surface area contributed by atoms with Crippen LogP contribution in [0.25, 0.3) is 0 Å². The molecule has 3 heterocycles. The molecule has 1 saturated carbocycles. The molecule has 0 amide bonds. The van der Waals surface area contributed by atoms with E-state index in [-0.39, 0.29) is 69.3 Å². The normalized spacial score (nSPS) is 42.6. The second kappa shape index (κ2) is 26.0. The van der Waals surface area contributed by atoms with Crippen molar-refractivity contribution >= 4 is 12.3 Å². The monoisotopic (exact) mass is 916 g/mol. The van der Waals surface area contributed by atoms with Gasteiger partial charge in [-0.25, -0.2) is 0 Å². The number of carbonyl (C=O) groups is 2. The minimum absolute atomic E-state index is 0.0232. The summed E-state index contributed by atoms with van der Waals surface area (Å²) < 4.78 is 24.0. The van der Waals surface area contributed by atoms with Gasteiger partial charge in [-0.05, 0) is 94.3 Å². The maximum Gasteiger partial charge on any atom is 0.308 e. The van der Waals surface area contributed by atoms with Gasteiger partial charge in [-0.15, -0.1) is 0 Å². The number of cyclic esters (lactones) is 1. The molecule has 0 radical (unpaired) electrons. The van der Waals surface area contributed by atoms with E-state index in [9.17, 15) is 45.3 Å². The molecule has 368 valence electrons. The first kappa shape index (κ1) is 54.7. The van der Waals surface area contributed by atoms with Crippen LogP contribution in [0.1, 0.15) is 119 Å². The maximum absolute atomic E-state index is 12.9. The van der Waals surface area contributed by atoms with Gasteiger partial charge in [0.15, 0.2) is 12.1 Å². The number of fused-ring (bicyclic) bond motifs is 2. The Morgan fingerprint density at radius 3 is 1.97 bits per heavy atom. The lowest BCUT2D eigenvalue weighted by molar-refractivity contribution is -0.294. The van der Waals surface area contributed by atoms with Crippen LogP contribution in [0.4, 0.5) is 0 Å². The number of hydrogen-bond acceptors (Lipinski definition) is 14. The summed E-state index contributed by atoms with van der Waals surface area (Å²) in [5, 5.41) is 77.1. The fraction of sp³-hybridized carbons (Fsp3) is 0.725. The van der Waals surface area contributed by atoms with Crippen molar-refractivity contribution in [3.63, 3.8) is 0 Å². The van der Waals surface area contributed by atoms with Crippen molar-refractivity contribution in [2.75, 3.05) is 0 Å². The van der Waals surface area contributed by atoms with Crippen molar-refractivity contribution in [2.24, 2.45) is 40.7 Å². The lowest BCUT2D eigenvalue weighted by Gasteiger charge is -2.43. The van der Waals surface area contributed by atoms with Crippen LogP contribution >= 0.6 is 0 Å². The zero-order valence-electron chi connectivity index (χ0n) is 39.5. The molecule has 14 heteroatoms. The second-order valence-corrected chi connectivity index (χ2v) is 19.7. The number of aliphatic hydroxyl groups excluding tert-OH is 6. The molecule has 0 aromatic rings. The van der Waals surface area contributed by atoms with Crippen LogP contribution < -0.4 is 5.73 Å². The Bertz CT molecular complexity index is 1640. The molecule has 65 heavy (non-hydrogen) atoms. The van der Waals surface area contributed by atoms with E-state index in [4.69, 9.17) is 24.7 Å². The molecular weight excluding hydrogens is 835 g/mol. The molecule has 1 aliphatic carbocycles. The standard InChI is InChI=1S/C51H81NO13/c1-32-18-16-14-12-10-8-7-9-11-13-15-17-19-42(64-49-48(60)46(52)47(59)37(6)63-49)29-43-38(31-53)20-23-51(61,65-43)30-41(56)27-44(57)50(24-25-50)22-21-39(54)26-40(55)28-45(58)62-36(5)35(4)34(3)33(32)2/h7-17,19,31-44,46-49,54-57,59-61H,18,20-30,52H2,1-6H3/t32?,33-,34?,35+,36-,37-,38-,39+,40+,41-,42-,43-,44+,46+,47-,48+,49+,51-/m0/s1. The Morgan fingerprint density at radius 2 is 1.34 bits per heavy atom. The van der Waals surface area contributed by atoms with E-state index in [0.29, 0.717) is 31.1 Å². The number of esters is 1. The first-order chi connectivity index (χ1) is 30.8. The predicted molar refractivity (Wildman–Crippen MR) is 247 cm³/mol. The van der Waals surface area contributed by atoms with E-state index >= 15 is 0 Å². The zero-order chi connectivity index (χ0) is 47.9. The Labute approximate surface area is 387 Å². The van der Waals surface area contributed by atoms with Crippen molar-refractivity contribution in [1.29, 1.82) is 0 Å². The van der Waals surface area contributed by atoms with Crippen LogP contribution in [0, 0.1) is 35.0 Å². The lowest BCUT2D eigenvalue weighted by Crippen LogP contribution is -2.61. The van der Waals surface area contributed by atoms with E-state index in [1.54, 1.807) is 25.2 Å². The summed E-state index contributed by atoms with van der Waals surface area (Å²) in [4.78, 5) is 25.2. The van der Waals surface area contributed by atoms with Gasteiger partial charge < -0.3 is 65.2 Å². The van der Waals surface area contributed by atoms with Crippen LogP contribution in [-0.4, -0.2) is 127 Å². The number of aldehydes is 1. The molecule has 2 unspecified atom stereocenters. The van der Waals surface area contributed by atoms with Crippen LogP contribution in [0.3, 0.4) is 0 Å². The van der Waals surface area contributed by atoms with Crippen LogP contribution in [0.2, 0.25) is 0 Å². The minimum Gasteiger partial charge on any atom is -0.462 e. The third-order valence-electron chi connectivity index (χ3n) is 14.7. The third-order valence-corrected chi connectivity index (χ3v) is 14.7. The quantitative estimate of drug-likeness (QED) is 0.137. The summed E-state index contributed by atoms with van der Waals surface area (Å²) in [6.07, 6.45) is 15.7. The largest absolute Gasteiger partial charge is 0.462 e. The fourth-order valence-corrected chi connectivity index (χ4v) is 9.40. The summed E-state index contributed by atoms with van der Waals surface area (Å²) in [5.74, 6) is -1.88. The van der Waals surface area contributed by atoms with E-state index in [2.05, 4.69) is 33.8 Å². The van der Waals surface area contributed by atoms with Gasteiger partial charge in [0, 0.05) is 25.2 Å². The highest BCUT2D eigenvalue weighted by Crippen LogP contribution is 2.54. The van der Waals surface area contributed by atoms with Crippen molar-refractivity contribution < 1.29 is 64.3 Å². The van der Waals surface area contributed by atoms with Crippen LogP contribution in [0.15, 0.2) is 72.9 Å². The smallest absolute Gasteiger partial charge is 0.308 e. The molecule has 1 spiro atoms. The molecule has 3 fully saturated rings. The lowest BCUT2D eigenvalue weighted by atomic mass is 9.75. The third kappa shape index (κ3) is 17.0. The Hall–Kier alpha value is -2.86. The zero-order valence-corrected chi connectivity index (χ0v) is 39.5. The summed E-state index contributed by atoms with van der Waals surface area (Å²) >= 11 is 0. The van der Waals surface area contributed by atoms with E-state index in [0.717, 1.165) is 12.7 Å². The van der Waals surface area contributed by atoms with Gasteiger partial charge in [0.05, 0.1) is 61.3 Å². The Balaban J connectivity index is 1.51. The van der Waals surface area contributed by atoms with Crippen molar-refractivity contribution in [2.45, 2.75) is 198 Å². The molecule has 4 aliphatic rings. The van der Waals surface area contributed by atoms with E-state index in [1.807, 2.05) is 55.5 Å². The highest BCUT2D eigenvalue weighted by molar-refractivity contribution is 5.70. The topological polar surface area (TPSA) is 239 Å². The molecule has 0 aromatic heterocycles. The van der Waals surface area contributed by atoms with Crippen molar-refractivity contribution in [1.82, 2.24) is 0 Å². The number of aliphatic hydroxyl groups is 7. The summed E-state index contributed by atoms with van der Waals surface area (Å²) in [5.41, 5.74) is 5.55. The fourth-order valence-electron chi connectivity index (χ4n) is 9.40. The molecule has 2 saturated heterocycles. The first-order valence-electron chi connectivity index (χ1n) is 24.0. The number of rotatable bonds is 3. The van der Waals surface area contributed by atoms with Gasteiger partial charge in [0.25, 0.3) is 0 Å². The van der Waals surface area contributed by atoms with Gasteiger partial charge in [-0.1, -0.05) is 101 Å². The maximum atomic E-state index is 12.9. The predicted octanol–water partition coefficient (Wildman–Crippen LogP) is 5.02. The number of hydrogen-bond donors (Lipinski definition) is 8. The summed E-state index contributed by atoms with van der Waals surface area (Å²) in [7, 11) is 0. The summed E-state index contributed by atoms with van der Waals surface area (Å²) in [6, 6.07) is -1.03. The SMILES string of the molecule is CC1CC=CC=CC=CC=CC=CC=C[C@H](O[C@H]2O[C@@H](C)[C@H](O)[C@@H](N)[C@H]2O)C[C@@H]2O[C@@](O)(CC[C@H]2C=O)C[C@@H](O)C[C@@H](O)C2(CC[C@@H](O)C[C@@H](O)CC(=O)O[C@@H](C)[C@H](C)C(C)[C@H]1C)CC2. The van der Waals surface area contributed by atoms with Crippen molar-refractivity contribution in [3.8, 4) is 0 Å². The highest BCUT2D eigenvalue weighted by Gasteiger charge is 2.50. The average molecular weight is 916 g/mol. The molecule has 14 nitrogen and oxygen atoms in total. The molecule has 3 aliphatic heterocycles. The van der Waals surface area contributed by atoms with Crippen LogP contribution in [0.5, 0.6) is 0 Å².